The molecule has 7 nitrogen and oxygen atoms in total. The van der Waals surface area contributed by atoms with E-state index >= 15 is 0 Å². The zero-order valence-corrected chi connectivity index (χ0v) is 14.2. The minimum atomic E-state index is -0.0668. The Bertz CT molecular complexity index is 671. The van der Waals surface area contributed by atoms with Gasteiger partial charge in [0.25, 0.3) is 0 Å². The summed E-state index contributed by atoms with van der Waals surface area (Å²) in [5.74, 6) is 1.44. The van der Waals surface area contributed by atoms with Crippen molar-refractivity contribution in [3.63, 3.8) is 0 Å². The van der Waals surface area contributed by atoms with E-state index < -0.39 is 0 Å². The highest BCUT2D eigenvalue weighted by Gasteiger charge is 2.27. The second kappa shape index (κ2) is 7.42. The largest absolute Gasteiger partial charge is 0.340 e. The maximum Gasteiger partial charge on any atom is 0.230 e. The van der Waals surface area contributed by atoms with Crippen LogP contribution in [0.5, 0.6) is 0 Å². The number of piperidine rings is 1. The first-order chi connectivity index (χ1) is 11.7. The molecule has 0 aliphatic carbocycles. The number of carbonyl (C=O) groups excluding carboxylic acids is 1. The standard InChI is InChI=1S/C17H24N6O/c1-3-13(2)23-15(7-10-20-23)21-16(24)14-6-4-11-22(12-14)17-18-8-5-9-19-17/h5,7-10,13-14H,3-4,6,11-12H2,1-2H3,(H,21,24). The molecule has 1 aliphatic rings. The smallest absolute Gasteiger partial charge is 0.230 e. The maximum atomic E-state index is 12.7. The predicted molar refractivity (Wildman–Crippen MR) is 92.8 cm³/mol. The third kappa shape index (κ3) is 3.55. The van der Waals surface area contributed by atoms with Gasteiger partial charge in [-0.3, -0.25) is 4.79 Å². The molecular weight excluding hydrogens is 304 g/mol. The molecule has 0 spiro atoms. The summed E-state index contributed by atoms with van der Waals surface area (Å²) in [7, 11) is 0. The van der Waals surface area contributed by atoms with E-state index in [1.165, 1.54) is 0 Å². The van der Waals surface area contributed by atoms with E-state index in [1.807, 2.05) is 10.7 Å². The average molecular weight is 328 g/mol. The lowest BCUT2D eigenvalue weighted by Crippen LogP contribution is -2.41. The van der Waals surface area contributed by atoms with Gasteiger partial charge in [0.1, 0.15) is 5.82 Å². The molecule has 0 bridgehead atoms. The average Bonchev–Trinajstić information content (AvgIpc) is 3.10. The molecule has 2 aromatic rings. The Balaban J connectivity index is 1.66. The normalized spacial score (nSPS) is 19.1. The summed E-state index contributed by atoms with van der Waals surface area (Å²) in [5, 5.41) is 7.36. The van der Waals surface area contributed by atoms with Crippen molar-refractivity contribution in [1.29, 1.82) is 0 Å². The SMILES string of the molecule is CCC(C)n1nccc1NC(=O)C1CCCN(c2ncccn2)C1. The third-order valence-electron chi connectivity index (χ3n) is 4.56. The Morgan fingerprint density at radius 3 is 2.92 bits per heavy atom. The molecule has 2 unspecified atom stereocenters. The molecule has 128 valence electrons. The van der Waals surface area contributed by atoms with Crippen LogP contribution in [0.15, 0.2) is 30.7 Å². The second-order valence-corrected chi connectivity index (χ2v) is 6.24. The highest BCUT2D eigenvalue weighted by atomic mass is 16.2. The van der Waals surface area contributed by atoms with Crippen LogP contribution >= 0.6 is 0 Å². The number of hydrogen-bond acceptors (Lipinski definition) is 5. The maximum absolute atomic E-state index is 12.7. The van der Waals surface area contributed by atoms with Crippen molar-refractivity contribution in [3.8, 4) is 0 Å². The van der Waals surface area contributed by atoms with Gasteiger partial charge < -0.3 is 10.2 Å². The molecule has 3 rings (SSSR count). The van der Waals surface area contributed by atoms with E-state index in [-0.39, 0.29) is 17.9 Å². The molecule has 1 amide bonds. The number of hydrogen-bond donors (Lipinski definition) is 1. The molecular formula is C17H24N6O. The first kappa shape index (κ1) is 16.4. The van der Waals surface area contributed by atoms with Crippen LogP contribution in [0.1, 0.15) is 39.2 Å². The molecule has 1 fully saturated rings. The Morgan fingerprint density at radius 1 is 1.38 bits per heavy atom. The van der Waals surface area contributed by atoms with Gasteiger partial charge in [-0.05, 0) is 32.3 Å². The summed E-state index contributed by atoms with van der Waals surface area (Å²) in [6.07, 6.45) is 8.00. The number of anilines is 2. The molecule has 3 heterocycles. The Hall–Kier alpha value is -2.44. The number of amides is 1. The van der Waals surface area contributed by atoms with E-state index in [0.717, 1.165) is 31.6 Å². The van der Waals surface area contributed by atoms with Gasteiger partial charge in [-0.2, -0.15) is 5.10 Å². The molecule has 0 radical (unpaired) electrons. The van der Waals surface area contributed by atoms with Crippen molar-refractivity contribution in [1.82, 2.24) is 19.7 Å². The van der Waals surface area contributed by atoms with Crippen LogP contribution in [0.2, 0.25) is 0 Å². The second-order valence-electron chi connectivity index (χ2n) is 6.24. The minimum absolute atomic E-state index is 0.0423. The number of nitrogens with zero attached hydrogens (tertiary/aromatic N) is 5. The number of carbonyl (C=O) groups is 1. The van der Waals surface area contributed by atoms with Gasteiger partial charge in [0, 0.05) is 31.5 Å². The summed E-state index contributed by atoms with van der Waals surface area (Å²) in [4.78, 5) is 23.3. The molecule has 1 saturated heterocycles. The molecule has 1 aliphatic heterocycles. The van der Waals surface area contributed by atoms with Gasteiger partial charge in [-0.1, -0.05) is 6.92 Å². The van der Waals surface area contributed by atoms with Gasteiger partial charge >= 0.3 is 0 Å². The number of nitrogens with one attached hydrogen (secondary N) is 1. The van der Waals surface area contributed by atoms with Gasteiger partial charge in [0.2, 0.25) is 11.9 Å². The van der Waals surface area contributed by atoms with Crippen LogP contribution in [0.25, 0.3) is 0 Å². The molecule has 2 aromatic heterocycles. The van der Waals surface area contributed by atoms with Crippen LogP contribution in [0.4, 0.5) is 11.8 Å². The fraction of sp³-hybridized carbons (Fsp3) is 0.529. The lowest BCUT2D eigenvalue weighted by Gasteiger charge is -2.32. The summed E-state index contributed by atoms with van der Waals surface area (Å²) >= 11 is 0. The summed E-state index contributed by atoms with van der Waals surface area (Å²) in [5.41, 5.74) is 0. The molecule has 1 N–H and O–H groups in total. The van der Waals surface area contributed by atoms with Crippen molar-refractivity contribution in [2.45, 2.75) is 39.2 Å². The summed E-state index contributed by atoms with van der Waals surface area (Å²) in [6, 6.07) is 3.91. The lowest BCUT2D eigenvalue weighted by atomic mass is 9.97. The highest BCUT2D eigenvalue weighted by molar-refractivity contribution is 5.92. The van der Waals surface area contributed by atoms with E-state index in [4.69, 9.17) is 0 Å². The van der Waals surface area contributed by atoms with E-state index in [0.29, 0.717) is 12.5 Å². The number of rotatable bonds is 5. The lowest BCUT2D eigenvalue weighted by molar-refractivity contribution is -0.120. The summed E-state index contributed by atoms with van der Waals surface area (Å²) < 4.78 is 1.87. The number of aromatic nitrogens is 4. The first-order valence-corrected chi connectivity index (χ1v) is 8.55. The Kier molecular flexibility index (Phi) is 5.08. The third-order valence-corrected chi connectivity index (χ3v) is 4.56. The first-order valence-electron chi connectivity index (χ1n) is 8.55. The van der Waals surface area contributed by atoms with Gasteiger partial charge in [0.05, 0.1) is 18.2 Å². The van der Waals surface area contributed by atoms with E-state index in [9.17, 15) is 4.79 Å². The monoisotopic (exact) mass is 328 g/mol. The van der Waals surface area contributed by atoms with Gasteiger partial charge in [-0.15, -0.1) is 0 Å². The molecule has 0 saturated carbocycles. The van der Waals surface area contributed by atoms with Crippen molar-refractivity contribution in [2.75, 3.05) is 23.3 Å². The van der Waals surface area contributed by atoms with Crippen LogP contribution < -0.4 is 10.2 Å². The predicted octanol–water partition coefficient (Wildman–Crippen LogP) is 2.50. The van der Waals surface area contributed by atoms with Crippen molar-refractivity contribution in [2.24, 2.45) is 5.92 Å². The summed E-state index contributed by atoms with van der Waals surface area (Å²) in [6.45, 7) is 5.74. The Morgan fingerprint density at radius 2 is 2.17 bits per heavy atom. The molecule has 7 heteroatoms. The minimum Gasteiger partial charge on any atom is -0.340 e. The quantitative estimate of drug-likeness (QED) is 0.912. The topological polar surface area (TPSA) is 75.9 Å². The Labute approximate surface area is 142 Å². The molecule has 0 aromatic carbocycles. The fourth-order valence-electron chi connectivity index (χ4n) is 2.99. The van der Waals surface area contributed by atoms with Crippen molar-refractivity contribution < 1.29 is 4.79 Å². The van der Waals surface area contributed by atoms with Gasteiger partial charge in [0.15, 0.2) is 0 Å². The zero-order valence-electron chi connectivity index (χ0n) is 14.2. The molecule has 2 atom stereocenters. The zero-order chi connectivity index (χ0) is 16.9. The van der Waals surface area contributed by atoms with Crippen LogP contribution in [-0.2, 0) is 4.79 Å². The van der Waals surface area contributed by atoms with E-state index in [2.05, 4.69) is 39.1 Å². The van der Waals surface area contributed by atoms with Crippen LogP contribution in [0.3, 0.4) is 0 Å². The van der Waals surface area contributed by atoms with Crippen LogP contribution in [0, 0.1) is 5.92 Å². The van der Waals surface area contributed by atoms with E-state index in [1.54, 1.807) is 24.7 Å². The highest BCUT2D eigenvalue weighted by Crippen LogP contribution is 2.22. The van der Waals surface area contributed by atoms with Crippen molar-refractivity contribution >= 4 is 17.7 Å². The molecule has 24 heavy (non-hydrogen) atoms. The van der Waals surface area contributed by atoms with Crippen LogP contribution in [-0.4, -0.2) is 38.7 Å². The van der Waals surface area contributed by atoms with Gasteiger partial charge in [-0.25, -0.2) is 14.6 Å². The van der Waals surface area contributed by atoms with Crippen molar-refractivity contribution in [3.05, 3.63) is 30.7 Å². The fourth-order valence-corrected chi connectivity index (χ4v) is 2.99.